The van der Waals surface area contributed by atoms with Crippen LogP contribution in [0.4, 0.5) is 10.3 Å². The minimum atomic E-state index is -0.785. The number of nitrogens with one attached hydrogen (secondary N) is 3. The molecular formula is C18H17FN4O2. The standard InChI is InChI=1S/C18H17FN4O2/c1-11(20-16(24)10-12-6-2-3-7-13(12)19)17(25)23-18-21-14-8-4-5-9-15(14)22-18/h2-9,11H,10H2,1H3,(H,20,24)(H2,21,22,23,25). The molecule has 7 heteroatoms. The van der Waals surface area contributed by atoms with Crippen LogP contribution < -0.4 is 10.6 Å². The van der Waals surface area contributed by atoms with Crippen molar-refractivity contribution in [2.45, 2.75) is 19.4 Å². The van der Waals surface area contributed by atoms with Gasteiger partial charge in [-0.05, 0) is 30.7 Å². The topological polar surface area (TPSA) is 86.9 Å². The molecule has 2 aromatic carbocycles. The summed E-state index contributed by atoms with van der Waals surface area (Å²) in [6, 6.07) is 12.6. The Labute approximate surface area is 143 Å². The van der Waals surface area contributed by atoms with E-state index < -0.39 is 23.7 Å². The average Bonchev–Trinajstić information content (AvgIpc) is 2.99. The summed E-state index contributed by atoms with van der Waals surface area (Å²) in [7, 11) is 0. The number of H-pyrrole nitrogens is 1. The third-order valence-electron chi connectivity index (χ3n) is 3.71. The lowest BCUT2D eigenvalue weighted by Crippen LogP contribution is -2.42. The molecule has 0 aliphatic rings. The molecule has 3 N–H and O–H groups in total. The largest absolute Gasteiger partial charge is 0.344 e. The molecule has 1 heterocycles. The van der Waals surface area contributed by atoms with Gasteiger partial charge in [0.2, 0.25) is 17.8 Å². The number of nitrogens with zero attached hydrogens (tertiary/aromatic N) is 1. The molecule has 25 heavy (non-hydrogen) atoms. The van der Waals surface area contributed by atoms with Gasteiger partial charge in [0, 0.05) is 0 Å². The highest BCUT2D eigenvalue weighted by atomic mass is 19.1. The average molecular weight is 340 g/mol. The van der Waals surface area contributed by atoms with Crippen LogP contribution in [0.1, 0.15) is 12.5 Å². The van der Waals surface area contributed by atoms with Crippen molar-refractivity contribution in [3.63, 3.8) is 0 Å². The van der Waals surface area contributed by atoms with E-state index in [2.05, 4.69) is 20.6 Å². The molecule has 2 amide bonds. The predicted molar refractivity (Wildman–Crippen MR) is 92.4 cm³/mol. The molecule has 0 spiro atoms. The number of para-hydroxylation sites is 2. The summed E-state index contributed by atoms with van der Waals surface area (Å²) in [4.78, 5) is 31.4. The summed E-state index contributed by atoms with van der Waals surface area (Å²) in [5.74, 6) is -0.989. The number of hydrogen-bond acceptors (Lipinski definition) is 3. The van der Waals surface area contributed by atoms with Crippen LogP contribution in [0, 0.1) is 5.82 Å². The second kappa shape index (κ2) is 7.12. The molecular weight excluding hydrogens is 323 g/mol. The van der Waals surface area contributed by atoms with Gasteiger partial charge in [-0.1, -0.05) is 30.3 Å². The molecule has 0 aliphatic carbocycles. The number of fused-ring (bicyclic) bond motifs is 1. The number of rotatable bonds is 5. The van der Waals surface area contributed by atoms with Gasteiger partial charge in [0.25, 0.3) is 0 Å². The Balaban J connectivity index is 1.58. The van der Waals surface area contributed by atoms with E-state index in [0.717, 1.165) is 11.0 Å². The molecule has 1 unspecified atom stereocenters. The van der Waals surface area contributed by atoms with Gasteiger partial charge in [-0.3, -0.25) is 14.9 Å². The summed E-state index contributed by atoms with van der Waals surface area (Å²) in [5.41, 5.74) is 1.81. The number of carbonyl (C=O) groups excluding carboxylic acids is 2. The van der Waals surface area contributed by atoms with Gasteiger partial charge in [-0.25, -0.2) is 9.37 Å². The molecule has 0 fully saturated rings. The van der Waals surface area contributed by atoms with Crippen LogP contribution in [0.5, 0.6) is 0 Å². The van der Waals surface area contributed by atoms with Gasteiger partial charge in [0.05, 0.1) is 17.5 Å². The molecule has 0 saturated heterocycles. The van der Waals surface area contributed by atoms with Crippen LogP contribution in [-0.2, 0) is 16.0 Å². The second-order valence-corrected chi connectivity index (χ2v) is 5.65. The van der Waals surface area contributed by atoms with Gasteiger partial charge in [-0.15, -0.1) is 0 Å². The Bertz CT molecular complexity index is 889. The van der Waals surface area contributed by atoms with Crippen molar-refractivity contribution in [2.24, 2.45) is 0 Å². The minimum Gasteiger partial charge on any atom is -0.344 e. The fourth-order valence-corrected chi connectivity index (χ4v) is 2.41. The molecule has 0 bridgehead atoms. The maximum absolute atomic E-state index is 13.6. The number of aromatic nitrogens is 2. The van der Waals surface area contributed by atoms with Gasteiger partial charge < -0.3 is 10.3 Å². The Kier molecular flexibility index (Phi) is 4.74. The number of amides is 2. The first-order valence-electron chi connectivity index (χ1n) is 7.81. The van der Waals surface area contributed by atoms with Crippen LogP contribution in [0.25, 0.3) is 11.0 Å². The lowest BCUT2D eigenvalue weighted by Gasteiger charge is -2.13. The lowest BCUT2D eigenvalue weighted by atomic mass is 10.1. The Morgan fingerprint density at radius 1 is 1.16 bits per heavy atom. The third kappa shape index (κ3) is 4.00. The maximum Gasteiger partial charge on any atom is 0.248 e. The number of carbonyl (C=O) groups is 2. The van der Waals surface area contributed by atoms with Crippen LogP contribution in [-0.4, -0.2) is 27.8 Å². The number of halogens is 1. The van der Waals surface area contributed by atoms with Gasteiger partial charge in [0.1, 0.15) is 11.9 Å². The summed E-state index contributed by atoms with van der Waals surface area (Å²) in [5, 5.41) is 5.17. The molecule has 0 aliphatic heterocycles. The third-order valence-corrected chi connectivity index (χ3v) is 3.71. The van der Waals surface area contributed by atoms with Crippen LogP contribution in [0.2, 0.25) is 0 Å². The van der Waals surface area contributed by atoms with Gasteiger partial charge in [0.15, 0.2) is 0 Å². The number of hydrogen-bond donors (Lipinski definition) is 3. The number of anilines is 1. The molecule has 3 aromatic rings. The smallest absolute Gasteiger partial charge is 0.248 e. The summed E-state index contributed by atoms with van der Waals surface area (Å²) in [6.45, 7) is 1.55. The highest BCUT2D eigenvalue weighted by Crippen LogP contribution is 2.13. The van der Waals surface area contributed by atoms with Crippen LogP contribution in [0.3, 0.4) is 0 Å². The van der Waals surface area contributed by atoms with E-state index in [1.54, 1.807) is 19.1 Å². The zero-order valence-corrected chi connectivity index (χ0v) is 13.5. The first-order chi connectivity index (χ1) is 12.0. The van der Waals surface area contributed by atoms with Crippen molar-refractivity contribution in [1.82, 2.24) is 15.3 Å². The molecule has 1 atom stereocenters. The zero-order valence-electron chi connectivity index (χ0n) is 13.5. The SMILES string of the molecule is CC(NC(=O)Cc1ccccc1F)C(=O)Nc1nc2ccccc2[nH]1. The fourth-order valence-electron chi connectivity index (χ4n) is 2.41. The first kappa shape index (κ1) is 16.6. The number of imidazole rings is 1. The van der Waals surface area contributed by atoms with Gasteiger partial charge >= 0.3 is 0 Å². The van der Waals surface area contributed by atoms with E-state index in [9.17, 15) is 14.0 Å². The van der Waals surface area contributed by atoms with E-state index in [1.807, 2.05) is 24.3 Å². The van der Waals surface area contributed by atoms with Crippen molar-refractivity contribution in [3.05, 3.63) is 59.9 Å². The normalized spacial score (nSPS) is 11.9. The molecule has 1 aromatic heterocycles. The molecule has 3 rings (SSSR count). The van der Waals surface area contributed by atoms with E-state index in [-0.39, 0.29) is 12.0 Å². The summed E-state index contributed by atoms with van der Waals surface area (Å²) >= 11 is 0. The van der Waals surface area contributed by atoms with E-state index >= 15 is 0 Å². The molecule has 128 valence electrons. The van der Waals surface area contributed by atoms with Crippen molar-refractivity contribution in [2.75, 3.05) is 5.32 Å². The maximum atomic E-state index is 13.6. The first-order valence-corrected chi connectivity index (χ1v) is 7.81. The van der Waals surface area contributed by atoms with E-state index in [4.69, 9.17) is 0 Å². The highest BCUT2D eigenvalue weighted by Gasteiger charge is 2.18. The van der Waals surface area contributed by atoms with E-state index in [0.29, 0.717) is 5.95 Å². The quantitative estimate of drug-likeness (QED) is 0.666. The molecule has 0 radical (unpaired) electrons. The van der Waals surface area contributed by atoms with Crippen LogP contribution >= 0.6 is 0 Å². The monoisotopic (exact) mass is 340 g/mol. The summed E-state index contributed by atoms with van der Waals surface area (Å²) < 4.78 is 13.6. The predicted octanol–water partition coefficient (Wildman–Crippen LogP) is 2.39. The highest BCUT2D eigenvalue weighted by molar-refractivity contribution is 5.97. The summed E-state index contributed by atoms with van der Waals surface area (Å²) in [6.07, 6.45) is -0.130. The minimum absolute atomic E-state index is 0.130. The number of benzene rings is 2. The van der Waals surface area contributed by atoms with Crippen molar-refractivity contribution in [1.29, 1.82) is 0 Å². The Morgan fingerprint density at radius 3 is 2.64 bits per heavy atom. The fraction of sp³-hybridized carbons (Fsp3) is 0.167. The van der Waals surface area contributed by atoms with Crippen LogP contribution in [0.15, 0.2) is 48.5 Å². The Morgan fingerprint density at radius 2 is 1.88 bits per heavy atom. The zero-order chi connectivity index (χ0) is 17.8. The van der Waals surface area contributed by atoms with Gasteiger partial charge in [-0.2, -0.15) is 0 Å². The molecule has 6 nitrogen and oxygen atoms in total. The van der Waals surface area contributed by atoms with E-state index in [1.165, 1.54) is 12.1 Å². The van der Waals surface area contributed by atoms with Crippen molar-refractivity contribution in [3.8, 4) is 0 Å². The lowest BCUT2D eigenvalue weighted by molar-refractivity contribution is -0.125. The molecule has 0 saturated carbocycles. The van der Waals surface area contributed by atoms with Crippen molar-refractivity contribution >= 4 is 28.8 Å². The second-order valence-electron chi connectivity index (χ2n) is 5.65. The number of aromatic amines is 1. The van der Waals surface area contributed by atoms with Crippen molar-refractivity contribution < 1.29 is 14.0 Å². The Hall–Kier alpha value is -3.22.